The number of rotatable bonds is 4. The van der Waals surface area contributed by atoms with Gasteiger partial charge in [0.25, 0.3) is 0 Å². The molecule has 1 aliphatic heterocycles. The van der Waals surface area contributed by atoms with Crippen LogP contribution in [-0.4, -0.2) is 31.2 Å². The Balaban J connectivity index is 1.40. The quantitative estimate of drug-likeness (QED) is 0.731. The van der Waals surface area contributed by atoms with Crippen LogP contribution in [0.5, 0.6) is 0 Å². The highest BCUT2D eigenvalue weighted by Gasteiger charge is 2.32. The van der Waals surface area contributed by atoms with Gasteiger partial charge in [-0.15, -0.1) is 0 Å². The maximum atomic E-state index is 3.70. The fourth-order valence-corrected chi connectivity index (χ4v) is 4.19. The number of piperazine rings is 1. The Morgan fingerprint density at radius 2 is 1.62 bits per heavy atom. The van der Waals surface area contributed by atoms with Gasteiger partial charge in [-0.1, -0.05) is 30.3 Å². The highest BCUT2D eigenvalue weighted by atomic mass is 15.4. The first kappa shape index (κ1) is 15.7. The maximum Gasteiger partial charge on any atom is 0.358 e. The van der Waals surface area contributed by atoms with Gasteiger partial charge in [-0.05, 0) is 49.4 Å². The number of fused-ring (bicyclic) bond motifs is 1. The molecule has 1 saturated carbocycles. The van der Waals surface area contributed by atoms with Crippen molar-refractivity contribution < 1.29 is 4.57 Å². The topological polar surface area (TPSA) is 26.1 Å². The van der Waals surface area contributed by atoms with E-state index in [1.165, 1.54) is 41.1 Å². The number of nitrogens with zero attached hydrogens (tertiary/aromatic N) is 3. The third-order valence-corrected chi connectivity index (χ3v) is 5.87. The van der Waals surface area contributed by atoms with Crippen LogP contribution in [0, 0.1) is 12.8 Å². The van der Waals surface area contributed by atoms with Crippen molar-refractivity contribution in [3.63, 3.8) is 0 Å². The zero-order valence-electron chi connectivity index (χ0n) is 15.5. The van der Waals surface area contributed by atoms with Crippen LogP contribution >= 0.6 is 0 Å². The molecule has 1 aromatic heterocycles. The Bertz CT molecular complexity index is 917. The van der Waals surface area contributed by atoms with Crippen molar-refractivity contribution in [2.75, 3.05) is 36.0 Å². The zero-order chi connectivity index (χ0) is 17.5. The average molecular weight is 347 g/mol. The summed E-state index contributed by atoms with van der Waals surface area (Å²) in [7, 11) is 0. The molecular weight excluding hydrogens is 320 g/mol. The van der Waals surface area contributed by atoms with Crippen LogP contribution in [-0.2, 0) is 6.54 Å². The van der Waals surface area contributed by atoms with Crippen molar-refractivity contribution in [2.24, 2.45) is 5.92 Å². The lowest BCUT2D eigenvalue weighted by atomic mass is 10.1. The number of hydrogen-bond donors (Lipinski definition) is 1. The second-order valence-electron chi connectivity index (χ2n) is 7.78. The largest absolute Gasteiger partial charge is 0.365 e. The Hall–Kier alpha value is -2.49. The molecule has 2 heterocycles. The highest BCUT2D eigenvalue weighted by Crippen LogP contribution is 2.30. The van der Waals surface area contributed by atoms with E-state index in [-0.39, 0.29) is 0 Å². The smallest absolute Gasteiger partial charge is 0.358 e. The molecular formula is C22H27N4+. The minimum Gasteiger partial charge on any atom is -0.365 e. The summed E-state index contributed by atoms with van der Waals surface area (Å²) in [5.41, 5.74) is 5.35. The Morgan fingerprint density at radius 1 is 0.923 bits per heavy atom. The molecule has 5 rings (SSSR count). The molecule has 2 fully saturated rings. The molecule has 26 heavy (non-hydrogen) atoms. The first-order valence-electron chi connectivity index (χ1n) is 9.86. The summed E-state index contributed by atoms with van der Waals surface area (Å²) in [6.07, 6.45) is 2.76. The fourth-order valence-electron chi connectivity index (χ4n) is 4.19. The van der Waals surface area contributed by atoms with Crippen LogP contribution in [0.2, 0.25) is 0 Å². The van der Waals surface area contributed by atoms with E-state index in [4.69, 9.17) is 0 Å². The monoisotopic (exact) mass is 347 g/mol. The molecule has 3 aromatic rings. The third-order valence-electron chi connectivity index (χ3n) is 5.87. The summed E-state index contributed by atoms with van der Waals surface area (Å²) >= 11 is 0. The Kier molecular flexibility index (Phi) is 3.84. The van der Waals surface area contributed by atoms with E-state index in [1.54, 1.807) is 0 Å². The van der Waals surface area contributed by atoms with Crippen molar-refractivity contribution in [2.45, 2.75) is 26.3 Å². The molecule has 0 atom stereocenters. The van der Waals surface area contributed by atoms with E-state index in [1.807, 2.05) is 0 Å². The van der Waals surface area contributed by atoms with Crippen LogP contribution in [0.3, 0.4) is 0 Å². The lowest BCUT2D eigenvalue weighted by Crippen LogP contribution is -2.51. The fraction of sp³-hybridized carbons (Fsp3) is 0.409. The van der Waals surface area contributed by atoms with Crippen molar-refractivity contribution in [1.29, 1.82) is 0 Å². The molecule has 0 unspecified atom stereocenters. The van der Waals surface area contributed by atoms with Crippen LogP contribution < -0.4 is 14.4 Å². The molecule has 2 aliphatic rings. The molecule has 4 nitrogen and oxygen atoms in total. The summed E-state index contributed by atoms with van der Waals surface area (Å²) in [4.78, 5) is 8.77. The molecule has 0 bridgehead atoms. The summed E-state index contributed by atoms with van der Waals surface area (Å²) in [6, 6.07) is 17.5. The predicted octanol–water partition coefficient (Wildman–Crippen LogP) is 3.50. The summed E-state index contributed by atoms with van der Waals surface area (Å²) < 4.78 is 2.52. The van der Waals surface area contributed by atoms with Gasteiger partial charge in [0.15, 0.2) is 0 Å². The number of anilines is 2. The van der Waals surface area contributed by atoms with Crippen LogP contribution in [0.25, 0.3) is 11.0 Å². The number of nitrogens with one attached hydrogen (secondary N) is 1. The van der Waals surface area contributed by atoms with Gasteiger partial charge in [-0.2, -0.15) is 0 Å². The SMILES string of the molecule is Cc1ccccc1N1CCN(c2[nH]c3ccccc3[n+]2CC2CC2)CC1. The average Bonchev–Trinajstić information content (AvgIpc) is 3.43. The predicted molar refractivity (Wildman–Crippen MR) is 107 cm³/mol. The van der Waals surface area contributed by atoms with Crippen LogP contribution in [0.15, 0.2) is 48.5 Å². The van der Waals surface area contributed by atoms with Gasteiger partial charge in [-0.3, -0.25) is 4.90 Å². The molecule has 0 spiro atoms. The van der Waals surface area contributed by atoms with Crippen molar-refractivity contribution in [3.8, 4) is 0 Å². The first-order valence-corrected chi connectivity index (χ1v) is 9.86. The third kappa shape index (κ3) is 2.83. The number of benzene rings is 2. The summed E-state index contributed by atoms with van der Waals surface area (Å²) in [6.45, 7) is 7.63. The van der Waals surface area contributed by atoms with Gasteiger partial charge in [-0.25, -0.2) is 9.55 Å². The molecule has 1 saturated heterocycles. The molecule has 0 radical (unpaired) electrons. The van der Waals surface area contributed by atoms with Crippen LogP contribution in [0.1, 0.15) is 18.4 Å². The molecule has 1 aliphatic carbocycles. The minimum absolute atomic E-state index is 0.867. The number of aryl methyl sites for hydroxylation is 1. The van der Waals surface area contributed by atoms with Gasteiger partial charge >= 0.3 is 5.95 Å². The van der Waals surface area contributed by atoms with E-state index in [2.05, 4.69) is 74.8 Å². The molecule has 1 N–H and O–H groups in total. The molecule has 2 aromatic carbocycles. The maximum absolute atomic E-state index is 3.70. The van der Waals surface area contributed by atoms with Gasteiger partial charge in [0.2, 0.25) is 0 Å². The lowest BCUT2D eigenvalue weighted by molar-refractivity contribution is -0.662. The zero-order valence-corrected chi connectivity index (χ0v) is 15.5. The van der Waals surface area contributed by atoms with Crippen LogP contribution in [0.4, 0.5) is 11.6 Å². The van der Waals surface area contributed by atoms with E-state index in [0.29, 0.717) is 0 Å². The molecule has 134 valence electrons. The standard InChI is InChI=1S/C22H26N4/c1-17-6-2-4-8-20(17)24-12-14-25(15-13-24)22-23-19-7-3-5-9-21(19)26(22)16-18-10-11-18/h2-9,18H,10-16H2,1H3/p+1. The summed E-state index contributed by atoms with van der Waals surface area (Å²) in [5, 5.41) is 0. The van der Waals surface area contributed by atoms with Gasteiger partial charge in [0.05, 0.1) is 19.6 Å². The van der Waals surface area contributed by atoms with Crippen molar-refractivity contribution >= 4 is 22.7 Å². The van der Waals surface area contributed by atoms with Gasteiger partial charge < -0.3 is 4.90 Å². The number of aromatic amines is 1. The van der Waals surface area contributed by atoms with Gasteiger partial charge in [0, 0.05) is 18.8 Å². The number of H-pyrrole nitrogens is 1. The van der Waals surface area contributed by atoms with E-state index >= 15 is 0 Å². The normalized spacial score (nSPS) is 17.9. The van der Waals surface area contributed by atoms with Gasteiger partial charge in [0.1, 0.15) is 11.0 Å². The second kappa shape index (κ2) is 6.35. The molecule has 4 heteroatoms. The second-order valence-corrected chi connectivity index (χ2v) is 7.78. The highest BCUT2D eigenvalue weighted by molar-refractivity contribution is 5.73. The van der Waals surface area contributed by atoms with Crippen molar-refractivity contribution in [1.82, 2.24) is 4.98 Å². The van der Waals surface area contributed by atoms with E-state index in [0.717, 1.165) is 38.6 Å². The van der Waals surface area contributed by atoms with E-state index in [9.17, 15) is 0 Å². The first-order chi connectivity index (χ1) is 12.8. The Labute approximate surface area is 155 Å². The minimum atomic E-state index is 0.867. The number of imidazole rings is 1. The lowest BCUT2D eigenvalue weighted by Gasteiger charge is -2.34. The number of hydrogen-bond acceptors (Lipinski definition) is 2. The van der Waals surface area contributed by atoms with Crippen molar-refractivity contribution in [3.05, 3.63) is 54.1 Å². The molecule has 0 amide bonds. The number of aromatic nitrogens is 2. The Morgan fingerprint density at radius 3 is 2.38 bits per heavy atom. The van der Waals surface area contributed by atoms with E-state index < -0.39 is 0 Å². The summed E-state index contributed by atoms with van der Waals surface area (Å²) in [5.74, 6) is 2.16. The number of para-hydroxylation sites is 3.